The minimum Gasteiger partial charge on any atom is -0.335 e. The standard InChI is InChI=1S/C17H26N2O5S2/c1-4-5-11-19(15-10-12-25(21,22)13-15)17(20)14-6-8-16(9-7-14)26(23,24)18(2)3/h6-9,15H,4-5,10-13H2,1-3H3. The Kier molecular flexibility index (Phi) is 6.46. The minimum absolute atomic E-state index is 0.00442. The summed E-state index contributed by atoms with van der Waals surface area (Å²) in [5.74, 6) is -0.155. The molecule has 0 radical (unpaired) electrons. The lowest BCUT2D eigenvalue weighted by Crippen LogP contribution is -2.41. The van der Waals surface area contributed by atoms with Gasteiger partial charge in [0.2, 0.25) is 10.0 Å². The molecule has 1 aliphatic heterocycles. The van der Waals surface area contributed by atoms with Gasteiger partial charge in [-0.25, -0.2) is 21.1 Å². The molecule has 1 atom stereocenters. The molecular weight excluding hydrogens is 376 g/mol. The molecule has 1 aromatic carbocycles. The molecule has 0 bridgehead atoms. The third kappa shape index (κ3) is 4.63. The van der Waals surface area contributed by atoms with Crippen molar-refractivity contribution in [3.63, 3.8) is 0 Å². The molecule has 0 spiro atoms. The molecule has 146 valence electrons. The summed E-state index contributed by atoms with van der Waals surface area (Å²) in [6, 6.07) is 5.48. The maximum Gasteiger partial charge on any atom is 0.254 e. The second-order valence-corrected chi connectivity index (χ2v) is 11.1. The summed E-state index contributed by atoms with van der Waals surface area (Å²) in [5, 5.41) is 0. The number of unbranched alkanes of at least 4 members (excludes halogenated alkanes) is 1. The van der Waals surface area contributed by atoms with E-state index >= 15 is 0 Å². The van der Waals surface area contributed by atoms with Crippen molar-refractivity contribution in [2.75, 3.05) is 32.1 Å². The van der Waals surface area contributed by atoms with Gasteiger partial charge in [-0.3, -0.25) is 4.79 Å². The quantitative estimate of drug-likeness (QED) is 0.687. The molecule has 2 rings (SSSR count). The van der Waals surface area contributed by atoms with E-state index in [1.165, 1.54) is 38.4 Å². The molecule has 1 saturated heterocycles. The molecule has 0 saturated carbocycles. The monoisotopic (exact) mass is 402 g/mol. The molecule has 1 aromatic rings. The second kappa shape index (κ2) is 8.06. The number of sulfone groups is 1. The van der Waals surface area contributed by atoms with Gasteiger partial charge in [-0.05, 0) is 37.1 Å². The molecule has 0 aromatic heterocycles. The summed E-state index contributed by atoms with van der Waals surface area (Å²) in [6.07, 6.45) is 2.13. The number of hydrogen-bond acceptors (Lipinski definition) is 5. The van der Waals surface area contributed by atoms with Crippen molar-refractivity contribution in [1.82, 2.24) is 9.21 Å². The van der Waals surface area contributed by atoms with Crippen molar-refractivity contribution in [2.45, 2.75) is 37.1 Å². The van der Waals surface area contributed by atoms with Gasteiger partial charge in [0.1, 0.15) is 0 Å². The lowest BCUT2D eigenvalue weighted by atomic mass is 10.1. The topological polar surface area (TPSA) is 91.8 Å². The first-order chi connectivity index (χ1) is 12.1. The molecule has 1 unspecified atom stereocenters. The van der Waals surface area contributed by atoms with Crippen LogP contribution in [0.1, 0.15) is 36.5 Å². The first kappa shape index (κ1) is 20.9. The molecule has 0 aliphatic carbocycles. The first-order valence-corrected chi connectivity index (χ1v) is 11.9. The van der Waals surface area contributed by atoms with E-state index in [-0.39, 0.29) is 28.4 Å². The summed E-state index contributed by atoms with van der Waals surface area (Å²) in [5.41, 5.74) is 0.364. The highest BCUT2D eigenvalue weighted by atomic mass is 32.2. The van der Waals surface area contributed by atoms with Crippen molar-refractivity contribution in [1.29, 1.82) is 0 Å². The fourth-order valence-corrected chi connectivity index (χ4v) is 5.58. The van der Waals surface area contributed by atoms with Gasteiger partial charge in [-0.15, -0.1) is 0 Å². The van der Waals surface area contributed by atoms with Gasteiger partial charge in [0, 0.05) is 32.2 Å². The Morgan fingerprint density at radius 1 is 1.19 bits per heavy atom. The third-order valence-electron chi connectivity index (χ3n) is 4.54. The zero-order valence-electron chi connectivity index (χ0n) is 15.4. The Morgan fingerprint density at radius 3 is 2.27 bits per heavy atom. The zero-order valence-corrected chi connectivity index (χ0v) is 17.0. The maximum absolute atomic E-state index is 12.9. The molecule has 0 N–H and O–H groups in total. The fraction of sp³-hybridized carbons (Fsp3) is 0.588. The van der Waals surface area contributed by atoms with Gasteiger partial charge in [0.05, 0.1) is 16.4 Å². The Balaban J connectivity index is 2.25. The lowest BCUT2D eigenvalue weighted by molar-refractivity contribution is 0.0694. The first-order valence-electron chi connectivity index (χ1n) is 8.62. The van der Waals surface area contributed by atoms with E-state index in [1.54, 1.807) is 4.90 Å². The van der Waals surface area contributed by atoms with E-state index in [0.717, 1.165) is 17.1 Å². The van der Waals surface area contributed by atoms with E-state index in [1.807, 2.05) is 6.92 Å². The van der Waals surface area contributed by atoms with Gasteiger partial charge in [0.25, 0.3) is 5.91 Å². The van der Waals surface area contributed by atoms with Crippen molar-refractivity contribution in [2.24, 2.45) is 0 Å². The third-order valence-corrected chi connectivity index (χ3v) is 8.12. The summed E-state index contributed by atoms with van der Waals surface area (Å²) < 4.78 is 49.0. The maximum atomic E-state index is 12.9. The van der Waals surface area contributed by atoms with Gasteiger partial charge >= 0.3 is 0 Å². The highest BCUT2D eigenvalue weighted by Gasteiger charge is 2.34. The van der Waals surface area contributed by atoms with Crippen LogP contribution < -0.4 is 0 Å². The number of sulfonamides is 1. The fourth-order valence-electron chi connectivity index (χ4n) is 2.95. The molecule has 26 heavy (non-hydrogen) atoms. The van der Waals surface area contributed by atoms with E-state index in [0.29, 0.717) is 18.5 Å². The lowest BCUT2D eigenvalue weighted by Gasteiger charge is -2.28. The number of hydrogen-bond donors (Lipinski definition) is 0. The van der Waals surface area contributed by atoms with E-state index in [2.05, 4.69) is 0 Å². The molecule has 1 fully saturated rings. The summed E-state index contributed by atoms with van der Waals surface area (Å²) >= 11 is 0. The molecule has 1 amide bonds. The average Bonchev–Trinajstić information content (AvgIpc) is 2.94. The Bertz CT molecular complexity index is 846. The molecular formula is C17H26N2O5S2. The van der Waals surface area contributed by atoms with Crippen molar-refractivity contribution in [3.8, 4) is 0 Å². The number of rotatable bonds is 7. The number of carbonyl (C=O) groups is 1. The van der Waals surface area contributed by atoms with Crippen LogP contribution in [0.5, 0.6) is 0 Å². The van der Waals surface area contributed by atoms with E-state index in [4.69, 9.17) is 0 Å². The zero-order chi connectivity index (χ0) is 19.5. The van der Waals surface area contributed by atoms with Crippen molar-refractivity contribution in [3.05, 3.63) is 29.8 Å². The SMILES string of the molecule is CCCCN(C(=O)c1ccc(S(=O)(=O)N(C)C)cc1)C1CCS(=O)(=O)C1. The van der Waals surface area contributed by atoms with E-state index in [9.17, 15) is 21.6 Å². The number of carbonyl (C=O) groups excluding carboxylic acids is 1. The normalized spacial score (nSPS) is 19.6. The number of nitrogens with zero attached hydrogens (tertiary/aromatic N) is 2. The van der Waals surface area contributed by atoms with Crippen molar-refractivity contribution < 1.29 is 21.6 Å². The van der Waals surface area contributed by atoms with Crippen molar-refractivity contribution >= 4 is 25.8 Å². The summed E-state index contributed by atoms with van der Waals surface area (Å²) in [7, 11) is -3.76. The van der Waals surface area contributed by atoms with Crippen LogP contribution in [0, 0.1) is 0 Å². The van der Waals surface area contributed by atoms with Crippen LogP contribution in [0.15, 0.2) is 29.2 Å². The van der Waals surface area contributed by atoms with Crippen LogP contribution in [-0.2, 0) is 19.9 Å². The highest BCUT2D eigenvalue weighted by Crippen LogP contribution is 2.22. The van der Waals surface area contributed by atoms with E-state index < -0.39 is 19.9 Å². The summed E-state index contributed by atoms with van der Waals surface area (Å²) in [4.78, 5) is 14.7. The Hall–Kier alpha value is -1.45. The van der Waals surface area contributed by atoms with Crippen LogP contribution in [0.3, 0.4) is 0 Å². The molecule has 7 nitrogen and oxygen atoms in total. The average molecular weight is 403 g/mol. The Labute approximate surface area is 156 Å². The van der Waals surface area contributed by atoms with Crippen LogP contribution in [0.4, 0.5) is 0 Å². The molecule has 9 heteroatoms. The van der Waals surface area contributed by atoms with Gasteiger partial charge in [-0.1, -0.05) is 13.3 Å². The molecule has 1 heterocycles. The van der Waals surface area contributed by atoms with Gasteiger partial charge in [0.15, 0.2) is 9.84 Å². The predicted octanol–water partition coefficient (Wildman–Crippen LogP) is 1.37. The second-order valence-electron chi connectivity index (χ2n) is 6.72. The number of amides is 1. The largest absolute Gasteiger partial charge is 0.335 e. The van der Waals surface area contributed by atoms with Crippen LogP contribution in [0.25, 0.3) is 0 Å². The Morgan fingerprint density at radius 2 is 1.81 bits per heavy atom. The molecule has 1 aliphatic rings. The summed E-state index contributed by atoms with van der Waals surface area (Å²) in [6.45, 7) is 2.50. The highest BCUT2D eigenvalue weighted by molar-refractivity contribution is 7.91. The predicted molar refractivity (Wildman–Crippen MR) is 100 cm³/mol. The number of benzene rings is 1. The van der Waals surface area contributed by atoms with Gasteiger partial charge < -0.3 is 4.90 Å². The van der Waals surface area contributed by atoms with Crippen LogP contribution >= 0.6 is 0 Å². The van der Waals surface area contributed by atoms with Gasteiger partial charge in [-0.2, -0.15) is 0 Å². The van der Waals surface area contributed by atoms with Crippen LogP contribution in [-0.4, -0.2) is 70.1 Å². The van der Waals surface area contributed by atoms with Crippen LogP contribution in [0.2, 0.25) is 0 Å². The smallest absolute Gasteiger partial charge is 0.254 e. The minimum atomic E-state index is -3.56.